The Morgan fingerprint density at radius 3 is 2.47 bits per heavy atom. The molecule has 1 aromatic carbocycles. The van der Waals surface area contributed by atoms with E-state index in [0.717, 1.165) is 11.3 Å². The summed E-state index contributed by atoms with van der Waals surface area (Å²) in [5.41, 5.74) is 3.24. The highest BCUT2D eigenvalue weighted by Gasteiger charge is 2.29. The van der Waals surface area contributed by atoms with E-state index in [9.17, 15) is 4.79 Å². The van der Waals surface area contributed by atoms with Gasteiger partial charge in [-0.25, -0.2) is 0 Å². The number of carbonyl (C=O) groups excluding carboxylic acids is 1. The minimum Gasteiger partial charge on any atom is -0.494 e. The number of carbonyl (C=O) groups is 1. The van der Waals surface area contributed by atoms with Gasteiger partial charge in [0.25, 0.3) is 0 Å². The van der Waals surface area contributed by atoms with E-state index < -0.39 is 0 Å². The van der Waals surface area contributed by atoms with Crippen molar-refractivity contribution in [3.05, 3.63) is 28.8 Å². The Bertz CT molecular complexity index is 464. The van der Waals surface area contributed by atoms with E-state index >= 15 is 0 Å². The highest BCUT2D eigenvalue weighted by Crippen LogP contribution is 2.37. The Hall–Kier alpha value is -1.51. The van der Waals surface area contributed by atoms with E-state index in [2.05, 4.69) is 45.1 Å². The van der Waals surface area contributed by atoms with Crippen molar-refractivity contribution in [1.82, 2.24) is 5.32 Å². The van der Waals surface area contributed by atoms with Crippen molar-refractivity contribution in [2.24, 2.45) is 0 Å². The van der Waals surface area contributed by atoms with Crippen LogP contribution in [-0.4, -0.2) is 19.6 Å². The number of nitrogens with one attached hydrogen (secondary N) is 1. The van der Waals surface area contributed by atoms with Crippen molar-refractivity contribution in [2.45, 2.75) is 46.5 Å². The van der Waals surface area contributed by atoms with Crippen LogP contribution in [0.3, 0.4) is 0 Å². The first-order chi connectivity index (χ1) is 8.81. The number of benzene rings is 1. The molecule has 0 saturated carbocycles. The summed E-state index contributed by atoms with van der Waals surface area (Å²) in [5, 5.41) is 2.69. The minimum absolute atomic E-state index is 0.0485. The molecule has 1 amide bonds. The summed E-state index contributed by atoms with van der Waals surface area (Å²) in [6.07, 6.45) is 0.452. The number of ether oxygens (including phenoxy) is 1. The first-order valence-electron chi connectivity index (χ1n) is 6.77. The number of hydrogen-bond donors (Lipinski definition) is 1. The lowest BCUT2D eigenvalue weighted by molar-refractivity contribution is -0.121. The molecule has 106 valence electrons. The predicted octanol–water partition coefficient (Wildman–Crippen LogP) is 3.12. The molecule has 0 saturated heterocycles. The first-order valence-corrected chi connectivity index (χ1v) is 6.77. The Morgan fingerprint density at radius 2 is 1.95 bits per heavy atom. The van der Waals surface area contributed by atoms with Crippen LogP contribution in [-0.2, 0) is 10.2 Å². The summed E-state index contributed by atoms with van der Waals surface area (Å²) < 4.78 is 5.77. The van der Waals surface area contributed by atoms with Crippen LogP contribution in [0.5, 0.6) is 5.75 Å². The molecule has 0 bridgehead atoms. The molecule has 0 aliphatic heterocycles. The summed E-state index contributed by atoms with van der Waals surface area (Å²) >= 11 is 0. The van der Waals surface area contributed by atoms with Gasteiger partial charge < -0.3 is 10.1 Å². The molecule has 0 heterocycles. The van der Waals surface area contributed by atoms with Crippen LogP contribution in [0.4, 0.5) is 0 Å². The van der Waals surface area contributed by atoms with Crippen LogP contribution in [0, 0.1) is 13.8 Å². The Kier molecular flexibility index (Phi) is 4.98. The zero-order chi connectivity index (χ0) is 14.6. The van der Waals surface area contributed by atoms with Gasteiger partial charge in [-0.05, 0) is 38.0 Å². The van der Waals surface area contributed by atoms with E-state index in [4.69, 9.17) is 4.74 Å². The van der Waals surface area contributed by atoms with Crippen molar-refractivity contribution < 1.29 is 9.53 Å². The third kappa shape index (κ3) is 3.72. The fraction of sp³-hybridized carbons (Fsp3) is 0.562. The average molecular weight is 263 g/mol. The van der Waals surface area contributed by atoms with E-state index in [1.807, 2.05) is 6.92 Å². The average Bonchev–Trinajstić information content (AvgIpc) is 2.27. The third-order valence-corrected chi connectivity index (χ3v) is 3.30. The number of amides is 1. The van der Waals surface area contributed by atoms with Crippen molar-refractivity contribution in [3.63, 3.8) is 0 Å². The lowest BCUT2D eigenvalue weighted by Crippen LogP contribution is -2.29. The molecule has 0 aliphatic rings. The van der Waals surface area contributed by atoms with Crippen LogP contribution in [0.25, 0.3) is 0 Å². The van der Waals surface area contributed by atoms with Gasteiger partial charge >= 0.3 is 0 Å². The first kappa shape index (κ1) is 15.5. The molecule has 3 nitrogen and oxygen atoms in total. The predicted molar refractivity (Wildman–Crippen MR) is 78.8 cm³/mol. The molecule has 0 fully saturated rings. The second-order valence-electron chi connectivity index (χ2n) is 5.62. The number of aryl methyl sites for hydroxylation is 2. The maximum absolute atomic E-state index is 11.7. The lowest BCUT2D eigenvalue weighted by Gasteiger charge is -2.29. The van der Waals surface area contributed by atoms with Gasteiger partial charge in [0.05, 0.1) is 6.61 Å². The Morgan fingerprint density at radius 1 is 1.32 bits per heavy atom. The molecule has 0 atom stereocenters. The van der Waals surface area contributed by atoms with E-state index in [0.29, 0.717) is 13.0 Å². The second-order valence-corrected chi connectivity index (χ2v) is 5.62. The zero-order valence-corrected chi connectivity index (χ0v) is 12.9. The van der Waals surface area contributed by atoms with Gasteiger partial charge in [-0.15, -0.1) is 0 Å². The third-order valence-electron chi connectivity index (χ3n) is 3.30. The van der Waals surface area contributed by atoms with Crippen molar-refractivity contribution in [1.29, 1.82) is 0 Å². The Labute approximate surface area is 116 Å². The molecule has 0 unspecified atom stereocenters. The molecular weight excluding hydrogens is 238 g/mol. The van der Waals surface area contributed by atoms with Gasteiger partial charge in [0.1, 0.15) is 5.75 Å². The van der Waals surface area contributed by atoms with Gasteiger partial charge in [-0.2, -0.15) is 0 Å². The van der Waals surface area contributed by atoms with E-state index in [1.165, 1.54) is 11.1 Å². The highest BCUT2D eigenvalue weighted by atomic mass is 16.5. The molecule has 0 aliphatic carbocycles. The van der Waals surface area contributed by atoms with Gasteiger partial charge in [0, 0.05) is 24.4 Å². The van der Waals surface area contributed by atoms with Crippen LogP contribution in [0.1, 0.15) is 43.9 Å². The summed E-state index contributed by atoms with van der Waals surface area (Å²) in [6.45, 7) is 10.9. The molecule has 0 radical (unpaired) electrons. The number of hydrogen-bond acceptors (Lipinski definition) is 2. The largest absolute Gasteiger partial charge is 0.494 e. The maximum atomic E-state index is 11.7. The van der Waals surface area contributed by atoms with Crippen molar-refractivity contribution >= 4 is 5.91 Å². The molecule has 1 N–H and O–H groups in total. The molecule has 0 spiro atoms. The summed E-state index contributed by atoms with van der Waals surface area (Å²) in [4.78, 5) is 11.7. The van der Waals surface area contributed by atoms with Gasteiger partial charge in [-0.1, -0.05) is 19.9 Å². The zero-order valence-electron chi connectivity index (χ0n) is 12.9. The molecule has 3 heteroatoms. The molecule has 1 rings (SSSR count). The van der Waals surface area contributed by atoms with Gasteiger partial charge in [0.15, 0.2) is 0 Å². The van der Waals surface area contributed by atoms with Crippen molar-refractivity contribution in [3.8, 4) is 5.75 Å². The fourth-order valence-corrected chi connectivity index (χ4v) is 2.64. The summed E-state index contributed by atoms with van der Waals surface area (Å²) in [5.74, 6) is 0.946. The SMILES string of the molecule is CCOc1cc(C)cc(C)c1C(C)(C)CC(=O)NC. The molecular formula is C16H25NO2. The highest BCUT2D eigenvalue weighted by molar-refractivity contribution is 5.77. The van der Waals surface area contributed by atoms with Crippen molar-refractivity contribution in [2.75, 3.05) is 13.7 Å². The normalized spacial score (nSPS) is 11.3. The topological polar surface area (TPSA) is 38.3 Å². The quantitative estimate of drug-likeness (QED) is 0.886. The summed E-state index contributed by atoms with van der Waals surface area (Å²) in [7, 11) is 1.67. The summed E-state index contributed by atoms with van der Waals surface area (Å²) in [6, 6.07) is 4.20. The number of rotatable bonds is 5. The van der Waals surface area contributed by atoms with E-state index in [-0.39, 0.29) is 11.3 Å². The van der Waals surface area contributed by atoms with E-state index in [1.54, 1.807) is 7.05 Å². The van der Waals surface area contributed by atoms with Crippen LogP contribution >= 0.6 is 0 Å². The maximum Gasteiger partial charge on any atom is 0.220 e. The molecule has 0 aromatic heterocycles. The smallest absolute Gasteiger partial charge is 0.220 e. The fourth-order valence-electron chi connectivity index (χ4n) is 2.64. The van der Waals surface area contributed by atoms with Gasteiger partial charge in [-0.3, -0.25) is 4.79 Å². The monoisotopic (exact) mass is 263 g/mol. The Balaban J connectivity index is 3.26. The second kappa shape index (κ2) is 6.09. The molecule has 19 heavy (non-hydrogen) atoms. The standard InChI is InChI=1S/C16H25NO2/c1-7-19-13-9-11(2)8-12(3)15(13)16(4,5)10-14(18)17-6/h8-9H,7,10H2,1-6H3,(H,17,18). The van der Waals surface area contributed by atoms with Crippen LogP contribution < -0.4 is 10.1 Å². The van der Waals surface area contributed by atoms with Gasteiger partial charge in [0.2, 0.25) is 5.91 Å². The lowest BCUT2D eigenvalue weighted by atomic mass is 9.78. The van der Waals surface area contributed by atoms with Crippen LogP contribution in [0.2, 0.25) is 0 Å². The van der Waals surface area contributed by atoms with Crippen LogP contribution in [0.15, 0.2) is 12.1 Å². The minimum atomic E-state index is -0.248. The molecule has 1 aromatic rings.